The molecule has 0 saturated heterocycles. The molecule has 2 aromatic carbocycles. The van der Waals surface area contributed by atoms with E-state index in [4.69, 9.17) is 16.3 Å². The molecule has 0 aliphatic rings. The largest absolute Gasteiger partial charge is 0.465 e. The van der Waals surface area contributed by atoms with Gasteiger partial charge in [0.15, 0.2) is 11.6 Å². The van der Waals surface area contributed by atoms with Crippen LogP contribution in [0.5, 0.6) is 0 Å². The van der Waals surface area contributed by atoms with Crippen LogP contribution in [0.1, 0.15) is 27.6 Å². The lowest BCUT2D eigenvalue weighted by atomic mass is 10.1. The minimum absolute atomic E-state index is 0.00666. The van der Waals surface area contributed by atoms with E-state index in [1.807, 2.05) is 0 Å². The number of ether oxygens (including phenoxy) is 1. The summed E-state index contributed by atoms with van der Waals surface area (Å²) in [5.74, 6) is 0.138. The van der Waals surface area contributed by atoms with Crippen LogP contribution >= 0.6 is 11.6 Å². The predicted octanol–water partition coefficient (Wildman–Crippen LogP) is 4.00. The minimum atomic E-state index is -0.483. The average molecular weight is 398 g/mol. The third-order valence-electron chi connectivity index (χ3n) is 3.76. The number of ketones is 1. The van der Waals surface area contributed by atoms with E-state index in [-0.39, 0.29) is 11.7 Å². The van der Waals surface area contributed by atoms with Gasteiger partial charge in [0.2, 0.25) is 5.95 Å². The molecular formula is C19H16ClN5O3. The first-order valence-electron chi connectivity index (χ1n) is 8.19. The van der Waals surface area contributed by atoms with E-state index in [2.05, 4.69) is 25.8 Å². The highest BCUT2D eigenvalue weighted by molar-refractivity contribution is 6.33. The van der Waals surface area contributed by atoms with Crippen molar-refractivity contribution in [3.63, 3.8) is 0 Å². The minimum Gasteiger partial charge on any atom is -0.465 e. The molecule has 0 bridgehead atoms. The number of carbonyl (C=O) groups is 2. The monoisotopic (exact) mass is 397 g/mol. The summed E-state index contributed by atoms with van der Waals surface area (Å²) in [7, 11) is 1.30. The van der Waals surface area contributed by atoms with Gasteiger partial charge < -0.3 is 15.4 Å². The molecule has 1 aromatic heterocycles. The topological polar surface area (TPSA) is 106 Å². The lowest BCUT2D eigenvalue weighted by Crippen LogP contribution is -2.05. The Kier molecular flexibility index (Phi) is 5.81. The molecule has 0 spiro atoms. The lowest BCUT2D eigenvalue weighted by molar-refractivity contribution is 0.0600. The fraction of sp³-hybridized carbons (Fsp3) is 0.105. The Bertz CT molecular complexity index is 1020. The van der Waals surface area contributed by atoms with Gasteiger partial charge in [0.25, 0.3) is 0 Å². The summed E-state index contributed by atoms with van der Waals surface area (Å²) in [5.41, 5.74) is 2.13. The van der Waals surface area contributed by atoms with Gasteiger partial charge in [0, 0.05) is 11.3 Å². The molecule has 0 fully saturated rings. The number of nitrogens with zero attached hydrogens (tertiary/aromatic N) is 3. The molecule has 0 amide bonds. The van der Waals surface area contributed by atoms with Crippen molar-refractivity contribution in [1.82, 2.24) is 15.2 Å². The third-order valence-corrected chi connectivity index (χ3v) is 4.09. The first-order chi connectivity index (χ1) is 13.5. The zero-order valence-electron chi connectivity index (χ0n) is 15.1. The number of halogens is 1. The molecule has 2 N–H and O–H groups in total. The Morgan fingerprint density at radius 1 is 1.04 bits per heavy atom. The Morgan fingerprint density at radius 2 is 1.75 bits per heavy atom. The number of benzene rings is 2. The van der Waals surface area contributed by atoms with E-state index >= 15 is 0 Å². The maximum Gasteiger partial charge on any atom is 0.337 e. The number of esters is 1. The average Bonchev–Trinajstić information content (AvgIpc) is 2.70. The van der Waals surface area contributed by atoms with E-state index in [0.717, 1.165) is 5.69 Å². The second-order valence-electron chi connectivity index (χ2n) is 5.73. The number of rotatable bonds is 6. The molecule has 0 aliphatic heterocycles. The SMILES string of the molecule is COC(=O)c1ccc(Cl)c(Nc2nncc(Nc3ccc(C(C)=O)cc3)n2)c1. The second kappa shape index (κ2) is 8.45. The van der Waals surface area contributed by atoms with Crippen molar-refractivity contribution in [2.45, 2.75) is 6.92 Å². The first-order valence-corrected chi connectivity index (χ1v) is 8.56. The molecule has 3 rings (SSSR count). The van der Waals surface area contributed by atoms with Crippen LogP contribution in [0.4, 0.5) is 23.1 Å². The zero-order valence-corrected chi connectivity index (χ0v) is 15.8. The smallest absolute Gasteiger partial charge is 0.337 e. The van der Waals surface area contributed by atoms with Crippen LogP contribution in [0.25, 0.3) is 0 Å². The zero-order chi connectivity index (χ0) is 20.1. The summed E-state index contributed by atoms with van der Waals surface area (Å²) in [5, 5.41) is 14.2. The van der Waals surface area contributed by atoms with Crippen molar-refractivity contribution in [3.05, 3.63) is 64.8 Å². The molecule has 0 unspecified atom stereocenters. The Hall–Kier alpha value is -3.52. The fourth-order valence-corrected chi connectivity index (χ4v) is 2.50. The van der Waals surface area contributed by atoms with Gasteiger partial charge in [-0.2, -0.15) is 10.1 Å². The Labute approximate surface area is 165 Å². The van der Waals surface area contributed by atoms with Crippen molar-refractivity contribution in [1.29, 1.82) is 0 Å². The lowest BCUT2D eigenvalue weighted by Gasteiger charge is -2.10. The van der Waals surface area contributed by atoms with Gasteiger partial charge in [-0.25, -0.2) is 4.79 Å². The maximum absolute atomic E-state index is 11.7. The Morgan fingerprint density at radius 3 is 2.43 bits per heavy atom. The van der Waals surface area contributed by atoms with E-state index in [1.54, 1.807) is 36.4 Å². The van der Waals surface area contributed by atoms with Crippen LogP contribution in [0.3, 0.4) is 0 Å². The predicted molar refractivity (Wildman–Crippen MR) is 106 cm³/mol. The molecule has 142 valence electrons. The van der Waals surface area contributed by atoms with Crippen LogP contribution in [0.15, 0.2) is 48.7 Å². The molecule has 3 aromatic rings. The van der Waals surface area contributed by atoms with E-state index in [1.165, 1.54) is 26.3 Å². The summed E-state index contributed by atoms with van der Waals surface area (Å²) in [6.45, 7) is 1.51. The molecule has 9 heteroatoms. The van der Waals surface area contributed by atoms with Crippen molar-refractivity contribution in [2.24, 2.45) is 0 Å². The number of aromatic nitrogens is 3. The molecule has 0 radical (unpaired) electrons. The van der Waals surface area contributed by atoms with Gasteiger partial charge in [-0.1, -0.05) is 11.6 Å². The number of carbonyl (C=O) groups excluding carboxylic acids is 2. The van der Waals surface area contributed by atoms with Gasteiger partial charge >= 0.3 is 5.97 Å². The number of nitrogens with one attached hydrogen (secondary N) is 2. The second-order valence-corrected chi connectivity index (χ2v) is 6.14. The third kappa shape index (κ3) is 4.60. The maximum atomic E-state index is 11.7. The van der Waals surface area contributed by atoms with Crippen molar-refractivity contribution in [2.75, 3.05) is 17.7 Å². The van der Waals surface area contributed by atoms with E-state index in [9.17, 15) is 9.59 Å². The summed E-state index contributed by atoms with van der Waals surface area (Å²) in [6, 6.07) is 11.6. The molecular weight excluding hydrogens is 382 g/mol. The molecule has 0 atom stereocenters. The van der Waals surface area contributed by atoms with Gasteiger partial charge in [0.1, 0.15) is 0 Å². The standard InChI is InChI=1S/C19H16ClN5O3/c1-11(26)12-3-6-14(7-4-12)22-17-10-21-25-19(24-17)23-16-9-13(18(27)28-2)5-8-15(16)20/h3-10H,1-2H3,(H2,22,23,24,25). The number of methoxy groups -OCH3 is 1. The Balaban J connectivity index is 1.78. The molecule has 0 aliphatic carbocycles. The quantitative estimate of drug-likeness (QED) is 0.474. The van der Waals surface area contributed by atoms with Crippen LogP contribution < -0.4 is 10.6 Å². The highest BCUT2D eigenvalue weighted by atomic mass is 35.5. The summed E-state index contributed by atoms with van der Waals surface area (Å²) < 4.78 is 4.71. The normalized spacial score (nSPS) is 10.2. The molecule has 0 saturated carbocycles. The van der Waals surface area contributed by atoms with Gasteiger partial charge in [-0.15, -0.1) is 5.10 Å². The highest BCUT2D eigenvalue weighted by Crippen LogP contribution is 2.26. The van der Waals surface area contributed by atoms with Gasteiger partial charge in [-0.05, 0) is 49.4 Å². The van der Waals surface area contributed by atoms with Gasteiger partial charge in [-0.3, -0.25) is 4.79 Å². The van der Waals surface area contributed by atoms with Crippen LogP contribution in [-0.4, -0.2) is 34.0 Å². The van der Waals surface area contributed by atoms with Crippen molar-refractivity contribution in [3.8, 4) is 0 Å². The summed E-state index contributed by atoms with van der Waals surface area (Å²) in [6.07, 6.45) is 1.45. The van der Waals surface area contributed by atoms with Crippen molar-refractivity contribution >= 4 is 46.5 Å². The van der Waals surface area contributed by atoms with Crippen LogP contribution in [0, 0.1) is 0 Å². The van der Waals surface area contributed by atoms with Crippen LogP contribution in [0.2, 0.25) is 5.02 Å². The molecule has 1 heterocycles. The summed E-state index contributed by atoms with van der Waals surface area (Å²) in [4.78, 5) is 27.4. The van der Waals surface area contributed by atoms with Gasteiger partial charge in [0.05, 0.1) is 29.6 Å². The van der Waals surface area contributed by atoms with E-state index < -0.39 is 5.97 Å². The first kappa shape index (κ1) is 19.2. The number of Topliss-reactive ketones (excluding diaryl/α,β-unsaturated/α-hetero) is 1. The fourth-order valence-electron chi connectivity index (χ4n) is 2.34. The van der Waals surface area contributed by atoms with Crippen molar-refractivity contribution < 1.29 is 14.3 Å². The van der Waals surface area contributed by atoms with E-state index in [0.29, 0.717) is 27.7 Å². The molecule has 8 nitrogen and oxygen atoms in total. The summed E-state index contributed by atoms with van der Waals surface area (Å²) >= 11 is 6.17. The number of hydrogen-bond acceptors (Lipinski definition) is 8. The number of anilines is 4. The number of hydrogen-bond donors (Lipinski definition) is 2. The molecule has 28 heavy (non-hydrogen) atoms. The van der Waals surface area contributed by atoms with Crippen LogP contribution in [-0.2, 0) is 4.74 Å². The highest BCUT2D eigenvalue weighted by Gasteiger charge is 2.11.